The molecule has 0 aliphatic rings. The Hall–Kier alpha value is -0.940. The van der Waals surface area contributed by atoms with Crippen LogP contribution in [0.5, 0.6) is 0 Å². The quantitative estimate of drug-likeness (QED) is 0.518. The van der Waals surface area contributed by atoms with Crippen LogP contribution >= 0.6 is 0 Å². The Morgan fingerprint density at radius 2 is 1.90 bits per heavy atom. The van der Waals surface area contributed by atoms with E-state index < -0.39 is 6.10 Å². The van der Waals surface area contributed by atoms with Crippen LogP contribution in [-0.2, 0) is 4.74 Å². The van der Waals surface area contributed by atoms with E-state index in [4.69, 9.17) is 4.74 Å². The van der Waals surface area contributed by atoms with Gasteiger partial charge in [-0.3, -0.25) is 0 Å². The second kappa shape index (κ2) is 11.7. The van der Waals surface area contributed by atoms with Gasteiger partial charge in [0.1, 0.15) is 0 Å². The van der Waals surface area contributed by atoms with Crippen molar-refractivity contribution >= 4 is 0 Å². The van der Waals surface area contributed by atoms with Crippen molar-refractivity contribution in [3.05, 3.63) is 35.9 Å². The number of benzene rings is 1. The Bertz CT molecular complexity index is 345. The highest BCUT2D eigenvalue weighted by Crippen LogP contribution is 2.11. The Kier molecular flexibility index (Phi) is 10.1. The minimum atomic E-state index is -0.547. The summed E-state index contributed by atoms with van der Waals surface area (Å²) in [7, 11) is 0. The largest absolute Gasteiger partial charge is 0.394 e. The summed E-state index contributed by atoms with van der Waals surface area (Å²) in [4.78, 5) is 0. The van der Waals surface area contributed by atoms with Crippen molar-refractivity contribution < 1.29 is 14.9 Å². The number of rotatable bonds is 12. The molecule has 0 heterocycles. The van der Waals surface area contributed by atoms with E-state index in [0.717, 1.165) is 12.0 Å². The van der Waals surface area contributed by atoms with Gasteiger partial charge in [-0.1, -0.05) is 56.5 Å². The van der Waals surface area contributed by atoms with Crippen LogP contribution in [0.15, 0.2) is 30.3 Å². The first-order valence-electron chi connectivity index (χ1n) is 7.93. The molecule has 0 amide bonds. The summed E-state index contributed by atoms with van der Waals surface area (Å²) in [5, 5.41) is 22.5. The number of aliphatic hydroxyl groups is 2. The molecule has 21 heavy (non-hydrogen) atoms. The predicted molar refractivity (Wildman–Crippen MR) is 85.2 cm³/mol. The van der Waals surface area contributed by atoms with Crippen LogP contribution in [0, 0.1) is 0 Å². The fraction of sp³-hybridized carbons (Fsp3) is 0.647. The van der Waals surface area contributed by atoms with Gasteiger partial charge < -0.3 is 20.3 Å². The normalized spacial score (nSPS) is 14.0. The molecule has 1 rings (SSSR count). The van der Waals surface area contributed by atoms with Crippen LogP contribution in [0.3, 0.4) is 0 Å². The van der Waals surface area contributed by atoms with E-state index in [-0.39, 0.29) is 12.6 Å². The highest BCUT2D eigenvalue weighted by Gasteiger charge is 2.11. The number of hydrogen-bond donors (Lipinski definition) is 3. The van der Waals surface area contributed by atoms with Gasteiger partial charge in [0.2, 0.25) is 0 Å². The van der Waals surface area contributed by atoms with Gasteiger partial charge in [-0.05, 0) is 12.0 Å². The van der Waals surface area contributed by atoms with Crippen molar-refractivity contribution in [2.75, 3.05) is 26.4 Å². The lowest BCUT2D eigenvalue weighted by atomic mass is 10.1. The monoisotopic (exact) mass is 295 g/mol. The molecule has 4 nitrogen and oxygen atoms in total. The summed E-state index contributed by atoms with van der Waals surface area (Å²) in [6.45, 7) is 3.65. The van der Waals surface area contributed by atoms with Crippen LogP contribution in [0.25, 0.3) is 0 Å². The topological polar surface area (TPSA) is 61.7 Å². The van der Waals surface area contributed by atoms with Gasteiger partial charge in [-0.15, -0.1) is 0 Å². The Labute approximate surface area is 128 Å². The summed E-state index contributed by atoms with van der Waals surface area (Å²) in [6.07, 6.45) is 4.15. The molecule has 0 saturated heterocycles. The molecule has 1 aromatic rings. The number of nitrogens with one attached hydrogen (secondary N) is 1. The van der Waals surface area contributed by atoms with E-state index in [9.17, 15) is 10.2 Å². The maximum Gasteiger partial charge on any atom is 0.0897 e. The highest BCUT2D eigenvalue weighted by molar-refractivity contribution is 5.18. The van der Waals surface area contributed by atoms with Crippen molar-refractivity contribution in [1.82, 2.24) is 5.32 Å². The lowest BCUT2D eigenvalue weighted by molar-refractivity contribution is 0.0330. The lowest BCUT2D eigenvalue weighted by Crippen LogP contribution is -2.34. The summed E-state index contributed by atoms with van der Waals surface area (Å²) in [6, 6.07) is 9.60. The number of hydrogen-bond acceptors (Lipinski definition) is 4. The fourth-order valence-electron chi connectivity index (χ4n) is 2.16. The highest BCUT2D eigenvalue weighted by atomic mass is 16.5. The van der Waals surface area contributed by atoms with E-state index >= 15 is 0 Å². The van der Waals surface area contributed by atoms with E-state index in [1.165, 1.54) is 19.3 Å². The third-order valence-electron chi connectivity index (χ3n) is 3.44. The molecule has 120 valence electrons. The minimum absolute atomic E-state index is 0.00854. The number of ether oxygens (including phenoxy) is 1. The SMILES string of the molecule is CCCCCCOCC(O)CNC(CO)c1ccccc1. The molecule has 0 bridgehead atoms. The lowest BCUT2D eigenvalue weighted by Gasteiger charge is -2.19. The first kappa shape index (κ1) is 18.1. The first-order chi connectivity index (χ1) is 10.3. The summed E-state index contributed by atoms with van der Waals surface area (Å²) >= 11 is 0. The molecule has 0 radical (unpaired) electrons. The average Bonchev–Trinajstić information content (AvgIpc) is 2.52. The van der Waals surface area contributed by atoms with Crippen molar-refractivity contribution in [2.24, 2.45) is 0 Å². The van der Waals surface area contributed by atoms with Gasteiger partial charge in [0.05, 0.1) is 25.4 Å². The molecule has 0 spiro atoms. The Morgan fingerprint density at radius 3 is 2.57 bits per heavy atom. The van der Waals surface area contributed by atoms with E-state index in [1.807, 2.05) is 30.3 Å². The first-order valence-corrected chi connectivity index (χ1v) is 7.93. The maximum absolute atomic E-state index is 9.87. The molecule has 1 aromatic carbocycles. The molecule has 0 saturated carbocycles. The second-order valence-electron chi connectivity index (χ2n) is 5.34. The van der Waals surface area contributed by atoms with Crippen LogP contribution < -0.4 is 5.32 Å². The van der Waals surface area contributed by atoms with Crippen LogP contribution in [0.2, 0.25) is 0 Å². The maximum atomic E-state index is 9.87. The van der Waals surface area contributed by atoms with Gasteiger partial charge >= 0.3 is 0 Å². The molecule has 0 aromatic heterocycles. The third-order valence-corrected chi connectivity index (χ3v) is 3.44. The molecular weight excluding hydrogens is 266 g/mol. The van der Waals surface area contributed by atoms with Gasteiger partial charge in [0.15, 0.2) is 0 Å². The summed E-state index contributed by atoms with van der Waals surface area (Å²) in [5.41, 5.74) is 1.02. The zero-order valence-electron chi connectivity index (χ0n) is 13.0. The molecule has 0 aliphatic heterocycles. The second-order valence-corrected chi connectivity index (χ2v) is 5.34. The fourth-order valence-corrected chi connectivity index (χ4v) is 2.16. The predicted octanol–water partition coefficient (Wildman–Crippen LogP) is 2.27. The van der Waals surface area contributed by atoms with Gasteiger partial charge in [-0.2, -0.15) is 0 Å². The average molecular weight is 295 g/mol. The molecule has 3 N–H and O–H groups in total. The molecule has 4 heteroatoms. The zero-order valence-corrected chi connectivity index (χ0v) is 13.0. The minimum Gasteiger partial charge on any atom is -0.394 e. The smallest absolute Gasteiger partial charge is 0.0897 e. The van der Waals surface area contributed by atoms with E-state index in [1.54, 1.807) is 0 Å². The molecule has 2 unspecified atom stereocenters. The van der Waals surface area contributed by atoms with Crippen molar-refractivity contribution in [1.29, 1.82) is 0 Å². The summed E-state index contributed by atoms with van der Waals surface area (Å²) < 4.78 is 5.46. The van der Waals surface area contributed by atoms with Crippen molar-refractivity contribution in [2.45, 2.75) is 44.8 Å². The van der Waals surface area contributed by atoms with Crippen LogP contribution in [0.4, 0.5) is 0 Å². The van der Waals surface area contributed by atoms with E-state index in [0.29, 0.717) is 19.8 Å². The van der Waals surface area contributed by atoms with Crippen molar-refractivity contribution in [3.8, 4) is 0 Å². The molecule has 2 atom stereocenters. The van der Waals surface area contributed by atoms with E-state index in [2.05, 4.69) is 12.2 Å². The molecule has 0 fully saturated rings. The van der Waals surface area contributed by atoms with Crippen molar-refractivity contribution in [3.63, 3.8) is 0 Å². The van der Waals surface area contributed by atoms with Crippen LogP contribution in [0.1, 0.15) is 44.2 Å². The van der Waals surface area contributed by atoms with Gasteiger partial charge in [0, 0.05) is 13.2 Å². The summed E-state index contributed by atoms with van der Waals surface area (Å²) in [5.74, 6) is 0. The third kappa shape index (κ3) is 8.17. The van der Waals surface area contributed by atoms with Gasteiger partial charge in [0.25, 0.3) is 0 Å². The Balaban J connectivity index is 2.15. The zero-order chi connectivity index (χ0) is 15.3. The number of aliphatic hydroxyl groups excluding tert-OH is 2. The molecule has 0 aliphatic carbocycles. The van der Waals surface area contributed by atoms with Gasteiger partial charge in [-0.25, -0.2) is 0 Å². The number of unbranched alkanes of at least 4 members (excludes halogenated alkanes) is 3. The molecular formula is C17H29NO3. The van der Waals surface area contributed by atoms with Crippen LogP contribution in [-0.4, -0.2) is 42.7 Å². The standard InChI is InChI=1S/C17H29NO3/c1-2-3-4-8-11-21-14-16(20)12-18-17(13-19)15-9-6-5-7-10-15/h5-7,9-10,16-20H,2-4,8,11-14H2,1H3. The Morgan fingerprint density at radius 1 is 1.14 bits per heavy atom.